The first kappa shape index (κ1) is 20.5. The molecular weight excluding hydrogens is 399 g/mol. The molecule has 6 nitrogen and oxygen atoms in total. The van der Waals surface area contributed by atoms with Crippen LogP contribution in [0.4, 0.5) is 19.1 Å². The molecule has 152 valence electrons. The Hall–Kier alpha value is -2.26. The van der Waals surface area contributed by atoms with Crippen molar-refractivity contribution in [2.75, 3.05) is 31.6 Å². The number of nitrogens with one attached hydrogen (secondary N) is 1. The lowest BCUT2D eigenvalue weighted by Crippen LogP contribution is -2.38. The van der Waals surface area contributed by atoms with Gasteiger partial charge in [-0.25, -0.2) is 0 Å². The van der Waals surface area contributed by atoms with Crippen molar-refractivity contribution in [3.8, 4) is 0 Å². The molecule has 0 spiro atoms. The van der Waals surface area contributed by atoms with Gasteiger partial charge in [-0.3, -0.25) is 4.79 Å². The quantitative estimate of drug-likeness (QED) is 0.774. The summed E-state index contributed by atoms with van der Waals surface area (Å²) in [6.45, 7) is 1.24. The summed E-state index contributed by atoms with van der Waals surface area (Å²) in [7, 11) is 0. The molecule has 10 heteroatoms. The van der Waals surface area contributed by atoms with Gasteiger partial charge in [-0.15, -0.1) is 0 Å². The predicted octanol–water partition coefficient (Wildman–Crippen LogP) is 3.77. The number of hydrogen-bond acceptors (Lipinski definition) is 5. The van der Waals surface area contributed by atoms with Crippen molar-refractivity contribution >= 4 is 23.4 Å². The smallest absolute Gasteiger partial charge is 0.395 e. The van der Waals surface area contributed by atoms with Gasteiger partial charge < -0.3 is 19.8 Å². The van der Waals surface area contributed by atoms with Crippen LogP contribution < -0.4 is 5.32 Å². The minimum Gasteiger partial charge on any atom is -0.395 e. The lowest BCUT2D eigenvalue weighted by Gasteiger charge is -2.31. The molecule has 1 fully saturated rings. The summed E-state index contributed by atoms with van der Waals surface area (Å²) in [5.41, 5.74) is -0.0560. The van der Waals surface area contributed by atoms with Crippen molar-refractivity contribution in [3.63, 3.8) is 0 Å². The van der Waals surface area contributed by atoms with E-state index in [1.165, 1.54) is 0 Å². The van der Waals surface area contributed by atoms with Crippen LogP contribution in [-0.4, -0.2) is 47.3 Å². The second-order valence-corrected chi connectivity index (χ2v) is 6.93. The van der Waals surface area contributed by atoms with Crippen LogP contribution in [0, 0.1) is 0 Å². The molecule has 3 rings (SSSR count). The summed E-state index contributed by atoms with van der Waals surface area (Å²) in [5.74, 6) is 0.246. The van der Waals surface area contributed by atoms with Gasteiger partial charge in [0.05, 0.1) is 22.9 Å². The number of likely N-dealkylation sites (tertiary alicyclic amines) is 1. The molecule has 0 bridgehead atoms. The molecule has 0 atom stereocenters. The van der Waals surface area contributed by atoms with Crippen molar-refractivity contribution in [2.24, 2.45) is 0 Å². The number of piperidine rings is 1. The average Bonchev–Trinajstić information content (AvgIpc) is 3.14. The molecule has 0 unspecified atom stereocenters. The van der Waals surface area contributed by atoms with E-state index in [2.05, 4.69) is 10.5 Å². The first-order valence-corrected chi connectivity index (χ1v) is 9.14. The first-order chi connectivity index (χ1) is 13.3. The maximum Gasteiger partial charge on any atom is 0.417 e. The number of anilines is 1. The Morgan fingerprint density at radius 2 is 2.04 bits per heavy atom. The van der Waals surface area contributed by atoms with E-state index in [9.17, 15) is 18.0 Å². The number of aliphatic hydroxyl groups is 1. The topological polar surface area (TPSA) is 78.6 Å². The summed E-state index contributed by atoms with van der Waals surface area (Å²) in [6.07, 6.45) is -3.24. The second kappa shape index (κ2) is 8.40. The third-order valence-corrected chi connectivity index (χ3v) is 4.97. The number of benzene rings is 1. The Morgan fingerprint density at radius 3 is 2.64 bits per heavy atom. The molecule has 1 amide bonds. The minimum absolute atomic E-state index is 0.0233. The van der Waals surface area contributed by atoms with Gasteiger partial charge in [0.25, 0.3) is 5.91 Å². The molecule has 1 aromatic carbocycles. The number of rotatable bonds is 5. The normalized spacial score (nSPS) is 15.7. The minimum atomic E-state index is -4.56. The second-order valence-electron chi connectivity index (χ2n) is 6.53. The van der Waals surface area contributed by atoms with E-state index in [4.69, 9.17) is 21.2 Å². The van der Waals surface area contributed by atoms with E-state index in [-0.39, 0.29) is 24.0 Å². The van der Waals surface area contributed by atoms with Gasteiger partial charge in [-0.05, 0) is 31.0 Å². The molecule has 2 aromatic rings. The lowest BCUT2D eigenvalue weighted by atomic mass is 9.93. The Balaban J connectivity index is 1.61. The molecular formula is C18H19ClF3N3O3. The van der Waals surface area contributed by atoms with Crippen molar-refractivity contribution in [1.82, 2.24) is 10.1 Å². The fourth-order valence-electron chi connectivity index (χ4n) is 3.18. The average molecular weight is 418 g/mol. The number of nitrogens with zero attached hydrogens (tertiary/aromatic N) is 2. The number of hydrogen-bond donors (Lipinski definition) is 2. The van der Waals surface area contributed by atoms with Crippen molar-refractivity contribution in [2.45, 2.75) is 24.9 Å². The van der Waals surface area contributed by atoms with Crippen LogP contribution in [0.1, 0.15) is 40.4 Å². The van der Waals surface area contributed by atoms with E-state index in [1.807, 2.05) is 0 Å². The fourth-order valence-corrected chi connectivity index (χ4v) is 3.47. The van der Waals surface area contributed by atoms with Crippen LogP contribution in [0.2, 0.25) is 5.02 Å². The number of aromatic nitrogens is 1. The highest BCUT2D eigenvalue weighted by molar-refractivity contribution is 6.31. The number of carbonyl (C=O) groups excluding carboxylic acids is 1. The maximum absolute atomic E-state index is 12.8. The molecule has 2 heterocycles. The van der Waals surface area contributed by atoms with Gasteiger partial charge in [0, 0.05) is 37.2 Å². The Labute approximate surface area is 164 Å². The Bertz CT molecular complexity index is 833. The Morgan fingerprint density at radius 1 is 1.32 bits per heavy atom. The first-order valence-electron chi connectivity index (χ1n) is 8.77. The van der Waals surface area contributed by atoms with Crippen molar-refractivity contribution < 1.29 is 27.6 Å². The number of alkyl halides is 3. The molecule has 1 aromatic heterocycles. The van der Waals surface area contributed by atoms with Gasteiger partial charge in [-0.1, -0.05) is 16.8 Å². The summed E-state index contributed by atoms with van der Waals surface area (Å²) >= 11 is 5.71. The van der Waals surface area contributed by atoms with E-state index in [0.717, 1.165) is 23.9 Å². The van der Waals surface area contributed by atoms with Gasteiger partial charge in [-0.2, -0.15) is 13.2 Å². The van der Waals surface area contributed by atoms with Gasteiger partial charge >= 0.3 is 6.18 Å². The Kier molecular flexibility index (Phi) is 6.14. The number of carbonyl (C=O) groups is 1. The van der Waals surface area contributed by atoms with Gasteiger partial charge in [0.15, 0.2) is 0 Å². The number of halogens is 4. The zero-order valence-corrected chi connectivity index (χ0v) is 15.6. The number of amides is 1. The molecule has 0 radical (unpaired) electrons. The lowest BCUT2D eigenvalue weighted by molar-refractivity contribution is -0.137. The highest BCUT2D eigenvalue weighted by Crippen LogP contribution is 2.35. The van der Waals surface area contributed by atoms with Gasteiger partial charge in [0.2, 0.25) is 5.88 Å². The van der Waals surface area contributed by atoms with Gasteiger partial charge in [0.1, 0.15) is 0 Å². The molecule has 1 saturated heterocycles. The highest BCUT2D eigenvalue weighted by atomic mass is 35.5. The number of aliphatic hydroxyl groups excluding tert-OH is 1. The standard InChI is InChI=1S/C18H19ClF3N3O3/c19-14-9-12(1-2-13(14)18(20,21)22)17(27)25-6-3-11(4-7-25)15-10-16(28-24-15)23-5-8-26/h1-2,9-11,23,26H,3-8H2. The highest BCUT2D eigenvalue weighted by Gasteiger charge is 2.34. The monoisotopic (exact) mass is 417 g/mol. The molecule has 0 aliphatic carbocycles. The molecule has 1 aliphatic rings. The summed E-state index contributed by atoms with van der Waals surface area (Å²) in [5, 5.41) is 15.2. The molecule has 0 saturated carbocycles. The molecule has 28 heavy (non-hydrogen) atoms. The van der Waals surface area contributed by atoms with E-state index >= 15 is 0 Å². The molecule has 2 N–H and O–H groups in total. The zero-order valence-electron chi connectivity index (χ0n) is 14.8. The van der Waals surface area contributed by atoms with Crippen LogP contribution in [0.25, 0.3) is 0 Å². The summed E-state index contributed by atoms with van der Waals surface area (Å²) < 4.78 is 43.6. The van der Waals surface area contributed by atoms with Crippen LogP contribution in [-0.2, 0) is 6.18 Å². The fraction of sp³-hybridized carbons (Fsp3) is 0.444. The van der Waals surface area contributed by atoms with Crippen molar-refractivity contribution in [1.29, 1.82) is 0 Å². The van der Waals surface area contributed by atoms with Crippen LogP contribution in [0.3, 0.4) is 0 Å². The van der Waals surface area contributed by atoms with E-state index in [0.29, 0.717) is 38.4 Å². The summed E-state index contributed by atoms with van der Waals surface area (Å²) in [6, 6.07) is 4.82. The van der Waals surface area contributed by atoms with E-state index in [1.54, 1.807) is 11.0 Å². The third-order valence-electron chi connectivity index (χ3n) is 4.66. The van der Waals surface area contributed by atoms with Crippen LogP contribution >= 0.6 is 11.6 Å². The largest absolute Gasteiger partial charge is 0.417 e. The summed E-state index contributed by atoms with van der Waals surface area (Å²) in [4.78, 5) is 14.2. The van der Waals surface area contributed by atoms with Crippen molar-refractivity contribution in [3.05, 3.63) is 46.1 Å². The zero-order chi connectivity index (χ0) is 20.3. The maximum atomic E-state index is 12.8. The van der Waals surface area contributed by atoms with E-state index < -0.39 is 16.8 Å². The molecule has 1 aliphatic heterocycles. The SMILES string of the molecule is O=C(c1ccc(C(F)(F)F)c(Cl)c1)N1CCC(c2cc(NCCO)on2)CC1. The predicted molar refractivity (Wildman–Crippen MR) is 96.4 cm³/mol. The van der Waals surface area contributed by atoms with Crippen LogP contribution in [0.15, 0.2) is 28.8 Å². The third kappa shape index (κ3) is 4.59. The van der Waals surface area contributed by atoms with Crippen LogP contribution in [0.5, 0.6) is 0 Å².